The lowest BCUT2D eigenvalue weighted by atomic mass is 9.49. The zero-order valence-electron chi connectivity index (χ0n) is 12.9. The van der Waals surface area contributed by atoms with Crippen molar-refractivity contribution in [3.05, 3.63) is 29.3 Å². The fraction of sp³-hybridized carbons (Fsp3) is 0.684. The van der Waals surface area contributed by atoms with E-state index >= 15 is 0 Å². The van der Waals surface area contributed by atoms with Crippen LogP contribution in [0.25, 0.3) is 0 Å². The van der Waals surface area contributed by atoms with Gasteiger partial charge in [0, 0.05) is 12.2 Å². The molecule has 0 amide bonds. The van der Waals surface area contributed by atoms with E-state index in [1.54, 1.807) is 19.3 Å². The minimum Gasteiger partial charge on any atom is -0.384 e. The molecule has 0 saturated heterocycles. The summed E-state index contributed by atoms with van der Waals surface area (Å²) in [7, 11) is 0. The van der Waals surface area contributed by atoms with Crippen molar-refractivity contribution in [2.45, 2.75) is 52.4 Å². The molecule has 0 unspecified atom stereocenters. The molecule has 0 aromatic heterocycles. The van der Waals surface area contributed by atoms with E-state index in [0.717, 1.165) is 17.8 Å². The summed E-state index contributed by atoms with van der Waals surface area (Å²) in [5.41, 5.74) is 4.75. The monoisotopic (exact) mass is 269 g/mol. The highest BCUT2D eigenvalue weighted by Gasteiger charge is 2.50. The Morgan fingerprint density at radius 2 is 1.55 bits per heavy atom. The summed E-state index contributed by atoms with van der Waals surface area (Å²) in [5.74, 6) is 3.17. The Morgan fingerprint density at radius 1 is 0.950 bits per heavy atom. The molecule has 0 atom stereocenters. The molecular weight excluding hydrogens is 242 g/mol. The third kappa shape index (κ3) is 2.16. The maximum absolute atomic E-state index is 3.77. The second kappa shape index (κ2) is 4.51. The first-order chi connectivity index (χ1) is 9.62. The van der Waals surface area contributed by atoms with Gasteiger partial charge in [-0.2, -0.15) is 0 Å². The molecule has 1 heteroatoms. The lowest BCUT2D eigenvalue weighted by molar-refractivity contribution is -0.0444. The SMILES string of the molecule is Cc1ccc(NCC23CC4CC(CC(C4)C2)C3)cc1C. The predicted octanol–water partition coefficient (Wildman–Crippen LogP) is 4.93. The van der Waals surface area contributed by atoms with Crippen molar-refractivity contribution in [1.82, 2.24) is 0 Å². The molecule has 1 nitrogen and oxygen atoms in total. The van der Waals surface area contributed by atoms with Crippen LogP contribution in [0.4, 0.5) is 5.69 Å². The highest BCUT2D eigenvalue weighted by molar-refractivity contribution is 5.48. The van der Waals surface area contributed by atoms with Gasteiger partial charge in [0.25, 0.3) is 0 Å². The van der Waals surface area contributed by atoms with Crippen LogP contribution in [0.3, 0.4) is 0 Å². The van der Waals surface area contributed by atoms with Crippen LogP contribution in [-0.2, 0) is 0 Å². The first kappa shape index (κ1) is 12.7. The number of anilines is 1. The molecule has 4 aliphatic rings. The van der Waals surface area contributed by atoms with E-state index in [0.29, 0.717) is 5.41 Å². The van der Waals surface area contributed by atoms with Gasteiger partial charge in [-0.1, -0.05) is 6.07 Å². The third-order valence-corrected chi connectivity index (χ3v) is 6.34. The van der Waals surface area contributed by atoms with Crippen LogP contribution in [0, 0.1) is 37.0 Å². The average molecular weight is 269 g/mol. The van der Waals surface area contributed by atoms with E-state index in [2.05, 4.69) is 37.4 Å². The number of hydrogen-bond acceptors (Lipinski definition) is 1. The molecule has 20 heavy (non-hydrogen) atoms. The van der Waals surface area contributed by atoms with Crippen LogP contribution in [-0.4, -0.2) is 6.54 Å². The zero-order chi connectivity index (χ0) is 13.7. The molecule has 4 saturated carbocycles. The lowest BCUT2D eigenvalue weighted by Crippen LogP contribution is -2.49. The van der Waals surface area contributed by atoms with Crippen LogP contribution in [0.15, 0.2) is 18.2 Å². The summed E-state index contributed by atoms with van der Waals surface area (Å²) in [6.07, 6.45) is 9.12. The highest BCUT2D eigenvalue weighted by atomic mass is 14.9. The van der Waals surface area contributed by atoms with Gasteiger partial charge in [0.1, 0.15) is 0 Å². The van der Waals surface area contributed by atoms with Crippen LogP contribution >= 0.6 is 0 Å². The minimum atomic E-state index is 0.632. The van der Waals surface area contributed by atoms with Gasteiger partial charge in [-0.3, -0.25) is 0 Å². The highest BCUT2D eigenvalue weighted by Crippen LogP contribution is 2.59. The zero-order valence-corrected chi connectivity index (χ0v) is 12.9. The Balaban J connectivity index is 1.47. The Bertz CT molecular complexity index is 481. The van der Waals surface area contributed by atoms with E-state index in [1.165, 1.54) is 42.6 Å². The first-order valence-corrected chi connectivity index (χ1v) is 8.43. The molecule has 1 aromatic rings. The van der Waals surface area contributed by atoms with Crippen LogP contribution < -0.4 is 5.32 Å². The smallest absolute Gasteiger partial charge is 0.0343 e. The number of nitrogens with one attached hydrogen (secondary N) is 1. The summed E-state index contributed by atoms with van der Waals surface area (Å²) >= 11 is 0. The van der Waals surface area contributed by atoms with Crippen molar-refractivity contribution in [3.63, 3.8) is 0 Å². The standard InChI is InChI=1S/C19H27N/c1-13-3-4-18(5-14(13)2)20-12-19-9-15-6-16(10-19)8-17(7-15)11-19/h3-5,15-17,20H,6-12H2,1-2H3. The van der Waals surface area contributed by atoms with Crippen molar-refractivity contribution < 1.29 is 0 Å². The topological polar surface area (TPSA) is 12.0 Å². The molecule has 0 aliphatic heterocycles. The van der Waals surface area contributed by atoms with E-state index in [1.807, 2.05) is 0 Å². The normalized spacial score (nSPS) is 38.2. The first-order valence-electron chi connectivity index (χ1n) is 8.43. The van der Waals surface area contributed by atoms with Gasteiger partial charge in [0.05, 0.1) is 0 Å². The molecule has 0 radical (unpaired) electrons. The summed E-state index contributed by atoms with van der Waals surface area (Å²) in [5, 5.41) is 3.77. The molecule has 108 valence electrons. The van der Waals surface area contributed by atoms with Crippen molar-refractivity contribution in [1.29, 1.82) is 0 Å². The molecule has 1 aromatic carbocycles. The van der Waals surface area contributed by atoms with Gasteiger partial charge in [-0.15, -0.1) is 0 Å². The summed E-state index contributed by atoms with van der Waals surface area (Å²) in [6, 6.07) is 6.82. The fourth-order valence-corrected chi connectivity index (χ4v) is 5.65. The van der Waals surface area contributed by atoms with Crippen LogP contribution in [0.5, 0.6) is 0 Å². The van der Waals surface area contributed by atoms with Crippen LogP contribution in [0.1, 0.15) is 49.7 Å². The third-order valence-electron chi connectivity index (χ3n) is 6.34. The maximum Gasteiger partial charge on any atom is 0.0343 e. The molecule has 5 rings (SSSR count). The van der Waals surface area contributed by atoms with Crippen molar-refractivity contribution in [3.8, 4) is 0 Å². The second-order valence-corrected chi connectivity index (χ2v) is 8.07. The summed E-state index contributed by atoms with van der Waals surface area (Å²) in [4.78, 5) is 0. The quantitative estimate of drug-likeness (QED) is 0.820. The Morgan fingerprint density at radius 3 is 2.10 bits per heavy atom. The molecule has 0 heterocycles. The van der Waals surface area contributed by atoms with E-state index in [9.17, 15) is 0 Å². The van der Waals surface area contributed by atoms with Gasteiger partial charge in [-0.05, 0) is 98.8 Å². The Kier molecular flexibility index (Phi) is 2.87. The van der Waals surface area contributed by atoms with Gasteiger partial charge in [-0.25, -0.2) is 0 Å². The predicted molar refractivity (Wildman–Crippen MR) is 85.0 cm³/mol. The Hall–Kier alpha value is -0.980. The van der Waals surface area contributed by atoms with E-state index in [4.69, 9.17) is 0 Å². The molecule has 1 N–H and O–H groups in total. The van der Waals surface area contributed by atoms with Gasteiger partial charge < -0.3 is 5.32 Å². The van der Waals surface area contributed by atoms with Gasteiger partial charge in [0.2, 0.25) is 0 Å². The largest absolute Gasteiger partial charge is 0.384 e. The van der Waals surface area contributed by atoms with Gasteiger partial charge in [0.15, 0.2) is 0 Å². The maximum atomic E-state index is 3.77. The fourth-order valence-electron chi connectivity index (χ4n) is 5.65. The van der Waals surface area contributed by atoms with Crippen molar-refractivity contribution in [2.24, 2.45) is 23.2 Å². The number of aryl methyl sites for hydroxylation is 2. The summed E-state index contributed by atoms with van der Waals surface area (Å²) in [6.45, 7) is 5.61. The molecule has 4 fully saturated rings. The Labute approximate surface area is 123 Å². The molecule has 4 bridgehead atoms. The van der Waals surface area contributed by atoms with Crippen molar-refractivity contribution in [2.75, 3.05) is 11.9 Å². The molecule has 4 aliphatic carbocycles. The van der Waals surface area contributed by atoms with Crippen molar-refractivity contribution >= 4 is 5.69 Å². The van der Waals surface area contributed by atoms with Gasteiger partial charge >= 0.3 is 0 Å². The lowest BCUT2D eigenvalue weighted by Gasteiger charge is -2.57. The minimum absolute atomic E-state index is 0.632. The number of hydrogen-bond donors (Lipinski definition) is 1. The average Bonchev–Trinajstić information content (AvgIpc) is 2.39. The van der Waals surface area contributed by atoms with Crippen LogP contribution in [0.2, 0.25) is 0 Å². The molecular formula is C19H27N. The molecule has 0 spiro atoms. The number of rotatable bonds is 3. The number of benzene rings is 1. The van der Waals surface area contributed by atoms with E-state index < -0.39 is 0 Å². The van der Waals surface area contributed by atoms with E-state index in [-0.39, 0.29) is 0 Å². The summed E-state index contributed by atoms with van der Waals surface area (Å²) < 4.78 is 0. The second-order valence-electron chi connectivity index (χ2n) is 8.07.